The normalized spacial score (nSPS) is 12.7. The molecule has 0 saturated carbocycles. The third kappa shape index (κ3) is 2.78. The first-order chi connectivity index (χ1) is 8.99. The van der Waals surface area contributed by atoms with Crippen molar-refractivity contribution in [1.29, 1.82) is 0 Å². The molecule has 0 aliphatic carbocycles. The van der Waals surface area contributed by atoms with Crippen LogP contribution in [0.3, 0.4) is 0 Å². The van der Waals surface area contributed by atoms with Crippen LogP contribution in [0.5, 0.6) is 0 Å². The second kappa shape index (κ2) is 5.17. The van der Waals surface area contributed by atoms with E-state index in [-0.39, 0.29) is 12.0 Å². The Morgan fingerprint density at radius 3 is 2.53 bits per heavy atom. The van der Waals surface area contributed by atoms with Crippen LogP contribution in [0.25, 0.3) is 5.95 Å². The summed E-state index contributed by atoms with van der Waals surface area (Å²) in [6.07, 6.45) is 2.94. The number of nitrogens with zero attached hydrogens (tertiary/aromatic N) is 7. The Balaban J connectivity index is 2.37. The van der Waals surface area contributed by atoms with Gasteiger partial charge >= 0.3 is 0 Å². The van der Waals surface area contributed by atoms with Crippen molar-refractivity contribution in [2.75, 3.05) is 17.7 Å². The van der Waals surface area contributed by atoms with Gasteiger partial charge in [-0.3, -0.25) is 0 Å². The maximum atomic E-state index is 5.73. The molecule has 19 heavy (non-hydrogen) atoms. The molecule has 8 heteroatoms. The van der Waals surface area contributed by atoms with Crippen LogP contribution in [-0.4, -0.2) is 42.8 Å². The second-order valence-electron chi connectivity index (χ2n) is 4.73. The molecule has 102 valence electrons. The predicted octanol–water partition coefficient (Wildman–Crippen LogP) is 0.515. The van der Waals surface area contributed by atoms with Gasteiger partial charge < -0.3 is 10.6 Å². The molecule has 2 N–H and O–H groups in total. The summed E-state index contributed by atoms with van der Waals surface area (Å²) >= 11 is 0. The first-order valence-corrected chi connectivity index (χ1v) is 6.08. The maximum absolute atomic E-state index is 5.73. The SMILES string of the molecule is CC(C)C(C)N(C)c1nc(N)nc(-n2cncn2)n1. The van der Waals surface area contributed by atoms with Crippen molar-refractivity contribution in [3.05, 3.63) is 12.7 Å². The largest absolute Gasteiger partial charge is 0.368 e. The fraction of sp³-hybridized carbons (Fsp3) is 0.545. The summed E-state index contributed by atoms with van der Waals surface area (Å²) in [5.41, 5.74) is 5.73. The first kappa shape index (κ1) is 13.2. The quantitative estimate of drug-likeness (QED) is 0.857. The number of nitrogen functional groups attached to an aromatic ring is 1. The zero-order valence-corrected chi connectivity index (χ0v) is 11.5. The van der Waals surface area contributed by atoms with Crippen molar-refractivity contribution in [3.8, 4) is 5.95 Å². The summed E-state index contributed by atoms with van der Waals surface area (Å²) in [5, 5.41) is 3.99. The predicted molar refractivity (Wildman–Crippen MR) is 71.9 cm³/mol. The lowest BCUT2D eigenvalue weighted by Gasteiger charge is -2.27. The molecule has 2 aromatic heterocycles. The van der Waals surface area contributed by atoms with E-state index in [2.05, 4.69) is 45.8 Å². The van der Waals surface area contributed by atoms with E-state index < -0.39 is 0 Å². The Hall–Kier alpha value is -2.25. The molecule has 2 rings (SSSR count). The Kier molecular flexibility index (Phi) is 3.59. The summed E-state index contributed by atoms with van der Waals surface area (Å²) in [4.78, 5) is 18.4. The number of hydrogen-bond donors (Lipinski definition) is 1. The standard InChI is InChI=1S/C11H18N8/c1-7(2)8(3)18(4)10-15-9(12)16-11(17-10)19-6-13-5-14-19/h5-8H,1-4H3,(H2,12,15,16,17). The summed E-state index contributed by atoms with van der Waals surface area (Å²) in [5.74, 6) is 1.53. The van der Waals surface area contributed by atoms with Crippen LogP contribution in [0.1, 0.15) is 20.8 Å². The molecule has 1 unspecified atom stereocenters. The van der Waals surface area contributed by atoms with Gasteiger partial charge in [0.05, 0.1) is 0 Å². The minimum atomic E-state index is 0.165. The summed E-state index contributed by atoms with van der Waals surface area (Å²) in [7, 11) is 1.94. The monoisotopic (exact) mass is 262 g/mol. The van der Waals surface area contributed by atoms with Crippen molar-refractivity contribution in [3.63, 3.8) is 0 Å². The molecule has 2 heterocycles. The maximum Gasteiger partial charge on any atom is 0.258 e. The average Bonchev–Trinajstić information content (AvgIpc) is 2.90. The van der Waals surface area contributed by atoms with Gasteiger partial charge in [-0.25, -0.2) is 4.98 Å². The average molecular weight is 262 g/mol. The molecule has 2 aromatic rings. The van der Waals surface area contributed by atoms with Crippen LogP contribution in [-0.2, 0) is 0 Å². The number of rotatable bonds is 4. The van der Waals surface area contributed by atoms with Crippen molar-refractivity contribution in [1.82, 2.24) is 29.7 Å². The Labute approximate surface area is 111 Å². The third-order valence-electron chi connectivity index (χ3n) is 3.14. The summed E-state index contributed by atoms with van der Waals surface area (Å²) < 4.78 is 1.45. The molecule has 8 nitrogen and oxygen atoms in total. The van der Waals surface area contributed by atoms with E-state index >= 15 is 0 Å². The van der Waals surface area contributed by atoms with E-state index in [4.69, 9.17) is 5.73 Å². The van der Waals surface area contributed by atoms with E-state index in [1.54, 1.807) is 0 Å². The Morgan fingerprint density at radius 2 is 1.95 bits per heavy atom. The van der Waals surface area contributed by atoms with Gasteiger partial charge in [-0.1, -0.05) is 13.8 Å². The highest BCUT2D eigenvalue weighted by Crippen LogP contribution is 2.16. The van der Waals surface area contributed by atoms with Crippen molar-refractivity contribution < 1.29 is 0 Å². The Bertz CT molecular complexity index is 536. The molecule has 1 atom stereocenters. The molecule has 0 saturated heterocycles. The zero-order valence-electron chi connectivity index (χ0n) is 11.5. The molecule has 0 spiro atoms. The molecule has 0 aromatic carbocycles. The lowest BCUT2D eigenvalue weighted by Crippen LogP contribution is -2.35. The molecule has 0 bridgehead atoms. The van der Waals surface area contributed by atoms with Crippen LogP contribution < -0.4 is 10.6 Å². The number of nitrogens with two attached hydrogens (primary N) is 1. The van der Waals surface area contributed by atoms with Gasteiger partial charge in [-0.05, 0) is 12.8 Å². The fourth-order valence-corrected chi connectivity index (χ4v) is 1.57. The second-order valence-corrected chi connectivity index (χ2v) is 4.73. The molecular weight excluding hydrogens is 244 g/mol. The summed E-state index contributed by atoms with van der Waals surface area (Å²) in [6.45, 7) is 6.40. The van der Waals surface area contributed by atoms with E-state index in [0.717, 1.165) is 0 Å². The highest BCUT2D eigenvalue weighted by atomic mass is 15.4. The van der Waals surface area contributed by atoms with Gasteiger partial charge in [0.1, 0.15) is 12.7 Å². The molecule has 0 aliphatic heterocycles. The van der Waals surface area contributed by atoms with Crippen LogP contribution in [0.15, 0.2) is 12.7 Å². The van der Waals surface area contributed by atoms with Gasteiger partial charge in [0.15, 0.2) is 0 Å². The van der Waals surface area contributed by atoms with E-state index in [1.165, 1.54) is 17.3 Å². The molecular formula is C11H18N8. The van der Waals surface area contributed by atoms with E-state index in [9.17, 15) is 0 Å². The Morgan fingerprint density at radius 1 is 1.21 bits per heavy atom. The van der Waals surface area contributed by atoms with Gasteiger partial charge in [0, 0.05) is 13.1 Å². The number of hydrogen-bond acceptors (Lipinski definition) is 7. The third-order valence-corrected chi connectivity index (χ3v) is 3.14. The number of aromatic nitrogens is 6. The topological polar surface area (TPSA) is 98.6 Å². The molecule has 0 fully saturated rings. The lowest BCUT2D eigenvalue weighted by atomic mass is 10.1. The van der Waals surface area contributed by atoms with Crippen molar-refractivity contribution >= 4 is 11.9 Å². The van der Waals surface area contributed by atoms with E-state index in [0.29, 0.717) is 17.8 Å². The number of anilines is 2. The van der Waals surface area contributed by atoms with Crippen molar-refractivity contribution in [2.45, 2.75) is 26.8 Å². The zero-order chi connectivity index (χ0) is 14.0. The molecule has 0 aliphatic rings. The minimum Gasteiger partial charge on any atom is -0.368 e. The smallest absolute Gasteiger partial charge is 0.258 e. The lowest BCUT2D eigenvalue weighted by molar-refractivity contribution is 0.498. The van der Waals surface area contributed by atoms with Crippen LogP contribution in [0.2, 0.25) is 0 Å². The molecule has 0 amide bonds. The highest BCUT2D eigenvalue weighted by molar-refractivity contribution is 5.37. The van der Waals surface area contributed by atoms with Gasteiger partial charge in [0.2, 0.25) is 11.9 Å². The first-order valence-electron chi connectivity index (χ1n) is 6.08. The van der Waals surface area contributed by atoms with Gasteiger partial charge in [-0.15, -0.1) is 0 Å². The summed E-state index contributed by atoms with van der Waals surface area (Å²) in [6, 6.07) is 0.283. The van der Waals surface area contributed by atoms with Gasteiger partial charge in [-0.2, -0.15) is 24.7 Å². The van der Waals surface area contributed by atoms with Crippen LogP contribution in [0, 0.1) is 5.92 Å². The van der Waals surface area contributed by atoms with Gasteiger partial charge in [0.25, 0.3) is 5.95 Å². The van der Waals surface area contributed by atoms with Crippen molar-refractivity contribution in [2.24, 2.45) is 5.92 Å². The fourth-order valence-electron chi connectivity index (χ4n) is 1.57. The van der Waals surface area contributed by atoms with E-state index in [1.807, 2.05) is 11.9 Å². The minimum absolute atomic E-state index is 0.165. The molecule has 0 radical (unpaired) electrons. The highest BCUT2D eigenvalue weighted by Gasteiger charge is 2.18. The van der Waals surface area contributed by atoms with Crippen LogP contribution >= 0.6 is 0 Å². The van der Waals surface area contributed by atoms with Crippen LogP contribution in [0.4, 0.5) is 11.9 Å².